The van der Waals surface area contributed by atoms with Crippen LogP contribution in [0.5, 0.6) is 0 Å². The maximum Gasteiger partial charge on any atom is 0.248 e. The van der Waals surface area contributed by atoms with Gasteiger partial charge in [0.1, 0.15) is 5.69 Å². The van der Waals surface area contributed by atoms with E-state index in [0.717, 1.165) is 22.2 Å². The highest BCUT2D eigenvalue weighted by Gasteiger charge is 2.14. The maximum atomic E-state index is 11.4. The molecule has 4 nitrogen and oxygen atoms in total. The van der Waals surface area contributed by atoms with E-state index in [1.807, 2.05) is 47.9 Å². The van der Waals surface area contributed by atoms with Gasteiger partial charge in [0.05, 0.1) is 11.2 Å². The van der Waals surface area contributed by atoms with E-state index in [-0.39, 0.29) is 0 Å². The van der Waals surface area contributed by atoms with Gasteiger partial charge in [-0.1, -0.05) is 24.1 Å². The summed E-state index contributed by atoms with van der Waals surface area (Å²) < 4.78 is 2.01. The van der Waals surface area contributed by atoms with Crippen LogP contribution in [0.2, 0.25) is 0 Å². The molecule has 114 valence electrons. The number of amides is 1. The second-order valence-electron chi connectivity index (χ2n) is 5.22. The number of carbonyl (C=O) groups is 1. The fourth-order valence-corrected chi connectivity index (χ4v) is 2.65. The topological polar surface area (TPSA) is 74.0 Å². The van der Waals surface area contributed by atoms with E-state index >= 15 is 0 Å². The first-order valence-corrected chi connectivity index (χ1v) is 7.40. The van der Waals surface area contributed by atoms with Crippen LogP contribution in [-0.2, 0) is 6.54 Å². The number of carbonyl (C=O) groups excluding carboxylic acids is 1. The van der Waals surface area contributed by atoms with Crippen LogP contribution in [0.1, 0.15) is 28.5 Å². The van der Waals surface area contributed by atoms with E-state index in [9.17, 15) is 4.79 Å². The molecular weight excluding hydrogens is 286 g/mol. The quantitative estimate of drug-likeness (QED) is 0.714. The van der Waals surface area contributed by atoms with Gasteiger partial charge in [0.25, 0.3) is 0 Å². The van der Waals surface area contributed by atoms with E-state index in [1.165, 1.54) is 0 Å². The van der Waals surface area contributed by atoms with Crippen molar-refractivity contribution in [2.75, 3.05) is 5.73 Å². The van der Waals surface area contributed by atoms with Crippen LogP contribution >= 0.6 is 0 Å². The van der Waals surface area contributed by atoms with Gasteiger partial charge in [0, 0.05) is 23.1 Å². The molecule has 0 fully saturated rings. The molecule has 1 amide bonds. The van der Waals surface area contributed by atoms with E-state index in [4.69, 9.17) is 11.5 Å². The molecule has 1 aromatic heterocycles. The fraction of sp³-hybridized carbons (Fsp3) is 0.105. The molecule has 0 aliphatic rings. The molecule has 3 rings (SSSR count). The van der Waals surface area contributed by atoms with E-state index in [0.29, 0.717) is 17.8 Å². The molecule has 0 saturated heterocycles. The molecular formula is C19H17N3O. The molecule has 4 heteroatoms. The number of fused-ring (bicyclic) bond motifs is 1. The highest BCUT2D eigenvalue weighted by Crippen LogP contribution is 2.29. The van der Waals surface area contributed by atoms with Crippen LogP contribution in [0.4, 0.5) is 5.69 Å². The standard InChI is InChI=1S/C19H17N3O/c1-2-22-16(11-8-13-6-4-3-5-7-13)18(20)15-10-9-14(19(21)23)12-17(15)22/h3-7,9-10,12H,2,20H2,1H3,(H2,21,23). The first kappa shape index (κ1) is 14.7. The number of aromatic nitrogens is 1. The second-order valence-corrected chi connectivity index (χ2v) is 5.22. The third-order valence-corrected chi connectivity index (χ3v) is 3.80. The molecule has 23 heavy (non-hydrogen) atoms. The maximum absolute atomic E-state index is 11.4. The number of rotatable bonds is 2. The van der Waals surface area contributed by atoms with E-state index in [2.05, 4.69) is 11.8 Å². The van der Waals surface area contributed by atoms with Gasteiger partial charge in [0.2, 0.25) is 5.91 Å². The van der Waals surface area contributed by atoms with Gasteiger partial charge in [-0.05, 0) is 43.2 Å². The van der Waals surface area contributed by atoms with Crippen molar-refractivity contribution in [1.29, 1.82) is 0 Å². The Balaban J connectivity index is 2.19. The van der Waals surface area contributed by atoms with Crippen molar-refractivity contribution < 1.29 is 4.79 Å². The Labute approximate surface area is 134 Å². The number of nitrogens with two attached hydrogens (primary N) is 2. The van der Waals surface area contributed by atoms with Crippen LogP contribution in [-0.4, -0.2) is 10.5 Å². The van der Waals surface area contributed by atoms with Gasteiger partial charge >= 0.3 is 0 Å². The minimum absolute atomic E-state index is 0.453. The monoisotopic (exact) mass is 303 g/mol. The number of aryl methyl sites for hydroxylation is 1. The Morgan fingerprint density at radius 2 is 1.87 bits per heavy atom. The van der Waals surface area contributed by atoms with Gasteiger partial charge in [0.15, 0.2) is 0 Å². The van der Waals surface area contributed by atoms with Crippen LogP contribution in [0.25, 0.3) is 10.9 Å². The molecule has 0 spiro atoms. The summed E-state index contributed by atoms with van der Waals surface area (Å²) in [6.07, 6.45) is 0. The van der Waals surface area contributed by atoms with Crippen molar-refractivity contribution in [3.8, 4) is 11.8 Å². The molecule has 0 radical (unpaired) electrons. The largest absolute Gasteiger partial charge is 0.396 e. The Bertz CT molecular complexity index is 943. The molecule has 4 N–H and O–H groups in total. The fourth-order valence-electron chi connectivity index (χ4n) is 2.65. The first-order valence-electron chi connectivity index (χ1n) is 7.40. The summed E-state index contributed by atoms with van der Waals surface area (Å²) in [7, 11) is 0. The van der Waals surface area contributed by atoms with Crippen molar-refractivity contribution in [2.24, 2.45) is 5.73 Å². The molecule has 0 aliphatic carbocycles. The number of nitrogen functional groups attached to an aromatic ring is 1. The van der Waals surface area contributed by atoms with E-state index < -0.39 is 5.91 Å². The smallest absolute Gasteiger partial charge is 0.248 e. The summed E-state index contributed by atoms with van der Waals surface area (Å²) >= 11 is 0. The molecule has 0 atom stereocenters. The normalized spacial score (nSPS) is 10.3. The lowest BCUT2D eigenvalue weighted by Crippen LogP contribution is -2.10. The highest BCUT2D eigenvalue weighted by molar-refractivity contribution is 6.01. The molecule has 0 aliphatic heterocycles. The zero-order chi connectivity index (χ0) is 16.4. The number of hydrogen-bond acceptors (Lipinski definition) is 2. The van der Waals surface area contributed by atoms with Gasteiger partial charge in [-0.2, -0.15) is 0 Å². The lowest BCUT2D eigenvalue weighted by molar-refractivity contribution is 0.100. The summed E-state index contributed by atoms with van der Waals surface area (Å²) in [5, 5.41) is 0.884. The average molecular weight is 303 g/mol. The Kier molecular flexibility index (Phi) is 3.78. The molecule has 0 unspecified atom stereocenters. The number of benzene rings is 2. The number of hydrogen-bond donors (Lipinski definition) is 2. The summed E-state index contributed by atoms with van der Waals surface area (Å²) in [6, 6.07) is 15.0. The van der Waals surface area contributed by atoms with Crippen LogP contribution in [0.3, 0.4) is 0 Å². The molecule has 2 aromatic carbocycles. The van der Waals surface area contributed by atoms with Crippen molar-refractivity contribution >= 4 is 22.5 Å². The zero-order valence-corrected chi connectivity index (χ0v) is 12.8. The first-order chi connectivity index (χ1) is 11.1. The second kappa shape index (κ2) is 5.90. The molecule has 0 saturated carbocycles. The molecule has 1 heterocycles. The van der Waals surface area contributed by atoms with Gasteiger partial charge < -0.3 is 16.0 Å². The van der Waals surface area contributed by atoms with E-state index in [1.54, 1.807) is 12.1 Å². The summed E-state index contributed by atoms with van der Waals surface area (Å²) in [4.78, 5) is 11.4. The van der Waals surface area contributed by atoms with Gasteiger partial charge in [-0.15, -0.1) is 0 Å². The summed E-state index contributed by atoms with van der Waals surface area (Å²) in [5.41, 5.74) is 15.3. The van der Waals surface area contributed by atoms with Crippen molar-refractivity contribution in [1.82, 2.24) is 4.57 Å². The highest BCUT2D eigenvalue weighted by atomic mass is 16.1. The Morgan fingerprint density at radius 3 is 2.52 bits per heavy atom. The number of anilines is 1. The summed E-state index contributed by atoms with van der Waals surface area (Å²) in [6.45, 7) is 2.72. The Hall–Kier alpha value is -3.19. The summed E-state index contributed by atoms with van der Waals surface area (Å²) in [5.74, 6) is 5.84. The van der Waals surface area contributed by atoms with Gasteiger partial charge in [-0.3, -0.25) is 4.79 Å². The molecule has 3 aromatic rings. The SMILES string of the molecule is CCn1c(C#Cc2ccccc2)c(N)c2ccc(C(N)=O)cc21. The Morgan fingerprint density at radius 1 is 1.13 bits per heavy atom. The molecule has 0 bridgehead atoms. The van der Waals surface area contributed by atoms with Crippen molar-refractivity contribution in [2.45, 2.75) is 13.5 Å². The minimum atomic E-state index is -0.453. The predicted octanol–water partition coefficient (Wildman–Crippen LogP) is 2.74. The van der Waals surface area contributed by atoms with Crippen molar-refractivity contribution in [3.63, 3.8) is 0 Å². The number of primary amides is 1. The third kappa shape index (κ3) is 2.65. The van der Waals surface area contributed by atoms with Crippen LogP contribution < -0.4 is 11.5 Å². The van der Waals surface area contributed by atoms with Crippen LogP contribution in [0.15, 0.2) is 48.5 Å². The lowest BCUT2D eigenvalue weighted by atomic mass is 10.1. The predicted molar refractivity (Wildman–Crippen MR) is 93.0 cm³/mol. The third-order valence-electron chi connectivity index (χ3n) is 3.80. The minimum Gasteiger partial charge on any atom is -0.396 e. The zero-order valence-electron chi connectivity index (χ0n) is 12.8. The van der Waals surface area contributed by atoms with Crippen molar-refractivity contribution in [3.05, 3.63) is 65.4 Å². The lowest BCUT2D eigenvalue weighted by Gasteiger charge is -2.03. The number of nitrogens with zero attached hydrogens (tertiary/aromatic N) is 1. The van der Waals surface area contributed by atoms with Crippen LogP contribution in [0, 0.1) is 11.8 Å². The van der Waals surface area contributed by atoms with Gasteiger partial charge in [-0.25, -0.2) is 0 Å². The average Bonchev–Trinajstić information content (AvgIpc) is 2.85.